The van der Waals surface area contributed by atoms with Crippen LogP contribution >= 0.6 is 0 Å². The zero-order valence-corrected chi connectivity index (χ0v) is 10.2. The summed E-state index contributed by atoms with van der Waals surface area (Å²) in [4.78, 5) is 13.6. The number of rotatable bonds is 4. The predicted molar refractivity (Wildman–Crippen MR) is 61.9 cm³/mol. The van der Waals surface area contributed by atoms with E-state index in [-0.39, 0.29) is 12.0 Å². The minimum absolute atomic E-state index is 0.130. The summed E-state index contributed by atoms with van der Waals surface area (Å²) in [6, 6.07) is 0. The molecule has 1 fully saturated rings. The van der Waals surface area contributed by atoms with Gasteiger partial charge in [0.15, 0.2) is 0 Å². The number of carbonyl (C=O) groups is 1. The molecule has 0 radical (unpaired) electrons. The van der Waals surface area contributed by atoms with E-state index in [0.717, 1.165) is 25.9 Å². The normalized spacial score (nSPS) is 21.9. The number of carbonyl (C=O) groups excluding carboxylic acids is 1. The first-order chi connectivity index (χ1) is 7.50. The summed E-state index contributed by atoms with van der Waals surface area (Å²) in [6.45, 7) is 5.00. The molecule has 4 nitrogen and oxygen atoms in total. The summed E-state index contributed by atoms with van der Waals surface area (Å²) >= 11 is 0. The van der Waals surface area contributed by atoms with Crippen LogP contribution in [0.25, 0.3) is 0 Å². The Morgan fingerprint density at radius 3 is 2.31 bits per heavy atom. The van der Waals surface area contributed by atoms with Crippen LogP contribution in [0.1, 0.15) is 39.5 Å². The minimum atomic E-state index is -0.404. The second-order valence-corrected chi connectivity index (χ2v) is 4.85. The van der Waals surface area contributed by atoms with Gasteiger partial charge >= 0.3 is 0 Å². The standard InChI is InChI=1S/C12H23NO3/c1-9(14)3-4-12(16)13-7-5-11(6-8-13)10(2)15/h9-11,14-15H,3-8H2,1-2H3. The number of aliphatic hydroxyl groups is 2. The van der Waals surface area contributed by atoms with E-state index >= 15 is 0 Å². The first-order valence-corrected chi connectivity index (χ1v) is 6.14. The zero-order valence-electron chi connectivity index (χ0n) is 10.2. The molecule has 0 spiro atoms. The largest absolute Gasteiger partial charge is 0.393 e. The van der Waals surface area contributed by atoms with Crippen molar-refractivity contribution < 1.29 is 15.0 Å². The Bertz CT molecular complexity index is 220. The van der Waals surface area contributed by atoms with Crippen LogP contribution in [0.4, 0.5) is 0 Å². The Morgan fingerprint density at radius 1 is 1.31 bits per heavy atom. The maximum Gasteiger partial charge on any atom is 0.222 e. The van der Waals surface area contributed by atoms with Crippen LogP contribution < -0.4 is 0 Å². The number of amides is 1. The third-order valence-electron chi connectivity index (χ3n) is 3.35. The van der Waals surface area contributed by atoms with E-state index in [9.17, 15) is 9.90 Å². The minimum Gasteiger partial charge on any atom is -0.393 e. The lowest BCUT2D eigenvalue weighted by Gasteiger charge is -2.33. The second-order valence-electron chi connectivity index (χ2n) is 4.85. The Balaban J connectivity index is 2.27. The van der Waals surface area contributed by atoms with Gasteiger partial charge in [-0.1, -0.05) is 0 Å². The smallest absolute Gasteiger partial charge is 0.222 e. The number of hydrogen-bond acceptors (Lipinski definition) is 3. The molecule has 1 heterocycles. The summed E-state index contributed by atoms with van der Waals surface area (Å²) in [5, 5.41) is 18.6. The van der Waals surface area contributed by atoms with E-state index in [2.05, 4.69) is 0 Å². The lowest BCUT2D eigenvalue weighted by Crippen LogP contribution is -2.40. The molecule has 0 aromatic rings. The van der Waals surface area contributed by atoms with Gasteiger partial charge in [-0.15, -0.1) is 0 Å². The van der Waals surface area contributed by atoms with Crippen molar-refractivity contribution in [2.24, 2.45) is 5.92 Å². The van der Waals surface area contributed by atoms with Crippen molar-refractivity contribution >= 4 is 5.91 Å². The summed E-state index contributed by atoms with van der Waals surface area (Å²) < 4.78 is 0. The quantitative estimate of drug-likeness (QED) is 0.748. The molecule has 1 aliphatic rings. The Morgan fingerprint density at radius 2 is 1.88 bits per heavy atom. The molecular weight excluding hydrogens is 206 g/mol. The first-order valence-electron chi connectivity index (χ1n) is 6.14. The molecule has 0 bridgehead atoms. The highest BCUT2D eigenvalue weighted by atomic mass is 16.3. The van der Waals surface area contributed by atoms with Crippen LogP contribution in [0.3, 0.4) is 0 Å². The molecule has 1 saturated heterocycles. The fourth-order valence-corrected chi connectivity index (χ4v) is 2.12. The van der Waals surface area contributed by atoms with Crippen LogP contribution in [-0.2, 0) is 4.79 Å². The molecule has 1 aliphatic heterocycles. The highest BCUT2D eigenvalue weighted by Gasteiger charge is 2.25. The van der Waals surface area contributed by atoms with Crippen LogP contribution in [0.15, 0.2) is 0 Å². The molecule has 2 atom stereocenters. The third-order valence-corrected chi connectivity index (χ3v) is 3.35. The molecule has 16 heavy (non-hydrogen) atoms. The molecule has 4 heteroatoms. The van der Waals surface area contributed by atoms with Crippen molar-refractivity contribution in [2.45, 2.75) is 51.7 Å². The second kappa shape index (κ2) is 6.21. The SMILES string of the molecule is CC(O)CCC(=O)N1CCC(C(C)O)CC1. The Hall–Kier alpha value is -0.610. The van der Waals surface area contributed by atoms with Crippen molar-refractivity contribution in [2.75, 3.05) is 13.1 Å². The van der Waals surface area contributed by atoms with E-state index in [4.69, 9.17) is 5.11 Å². The molecule has 1 amide bonds. The number of hydrogen-bond donors (Lipinski definition) is 2. The van der Waals surface area contributed by atoms with E-state index in [1.807, 2.05) is 11.8 Å². The zero-order chi connectivity index (χ0) is 12.1. The van der Waals surface area contributed by atoms with E-state index in [1.165, 1.54) is 0 Å². The highest BCUT2D eigenvalue weighted by molar-refractivity contribution is 5.76. The van der Waals surface area contributed by atoms with Gasteiger partial charge in [0.1, 0.15) is 0 Å². The number of likely N-dealkylation sites (tertiary alicyclic amines) is 1. The van der Waals surface area contributed by atoms with Crippen LogP contribution in [0.2, 0.25) is 0 Å². The van der Waals surface area contributed by atoms with Crippen LogP contribution in [0, 0.1) is 5.92 Å². The molecule has 94 valence electrons. The predicted octanol–water partition coefficient (Wildman–Crippen LogP) is 0.767. The molecule has 0 saturated carbocycles. The molecule has 0 aliphatic carbocycles. The maximum absolute atomic E-state index is 11.7. The lowest BCUT2D eigenvalue weighted by molar-refractivity contribution is -0.133. The number of piperidine rings is 1. The average Bonchev–Trinajstić information content (AvgIpc) is 2.26. The van der Waals surface area contributed by atoms with Crippen molar-refractivity contribution in [1.82, 2.24) is 4.90 Å². The fraction of sp³-hybridized carbons (Fsp3) is 0.917. The first kappa shape index (κ1) is 13.5. The van der Waals surface area contributed by atoms with E-state index < -0.39 is 6.10 Å². The van der Waals surface area contributed by atoms with Gasteiger partial charge in [0.2, 0.25) is 5.91 Å². The van der Waals surface area contributed by atoms with Crippen LogP contribution in [-0.4, -0.2) is 46.3 Å². The van der Waals surface area contributed by atoms with Gasteiger partial charge in [-0.2, -0.15) is 0 Å². The molecule has 1 rings (SSSR count). The summed E-state index contributed by atoms with van der Waals surface area (Å²) in [5.74, 6) is 0.464. The van der Waals surface area contributed by atoms with Gasteiger partial charge in [0, 0.05) is 19.5 Å². The third kappa shape index (κ3) is 4.10. The summed E-state index contributed by atoms with van der Waals surface area (Å²) in [7, 11) is 0. The summed E-state index contributed by atoms with van der Waals surface area (Å²) in [6.07, 6.45) is 2.07. The van der Waals surface area contributed by atoms with Crippen molar-refractivity contribution in [1.29, 1.82) is 0 Å². The van der Waals surface area contributed by atoms with E-state index in [1.54, 1.807) is 6.92 Å². The topological polar surface area (TPSA) is 60.8 Å². The van der Waals surface area contributed by atoms with Gasteiger partial charge in [-0.25, -0.2) is 0 Å². The monoisotopic (exact) mass is 229 g/mol. The van der Waals surface area contributed by atoms with E-state index in [0.29, 0.717) is 18.8 Å². The molecule has 0 aromatic carbocycles. The molecular formula is C12H23NO3. The number of nitrogens with zero attached hydrogens (tertiary/aromatic N) is 1. The van der Waals surface area contributed by atoms with Crippen molar-refractivity contribution in [3.05, 3.63) is 0 Å². The Labute approximate surface area is 97.3 Å². The molecule has 2 unspecified atom stereocenters. The number of aliphatic hydroxyl groups excluding tert-OH is 2. The average molecular weight is 229 g/mol. The molecule has 2 N–H and O–H groups in total. The van der Waals surface area contributed by atoms with Crippen molar-refractivity contribution in [3.8, 4) is 0 Å². The van der Waals surface area contributed by atoms with Gasteiger partial charge < -0.3 is 15.1 Å². The van der Waals surface area contributed by atoms with Gasteiger partial charge in [0.05, 0.1) is 12.2 Å². The summed E-state index contributed by atoms with van der Waals surface area (Å²) in [5.41, 5.74) is 0. The Kier molecular flexibility index (Phi) is 5.22. The van der Waals surface area contributed by atoms with Gasteiger partial charge in [-0.3, -0.25) is 4.79 Å². The highest BCUT2D eigenvalue weighted by Crippen LogP contribution is 2.21. The van der Waals surface area contributed by atoms with Gasteiger partial charge in [0.25, 0.3) is 0 Å². The van der Waals surface area contributed by atoms with Crippen LogP contribution in [0.5, 0.6) is 0 Å². The van der Waals surface area contributed by atoms with Crippen molar-refractivity contribution in [3.63, 3.8) is 0 Å². The maximum atomic E-state index is 11.7. The van der Waals surface area contributed by atoms with Gasteiger partial charge in [-0.05, 0) is 39.0 Å². The lowest BCUT2D eigenvalue weighted by atomic mass is 9.92. The molecule has 0 aromatic heterocycles. The fourth-order valence-electron chi connectivity index (χ4n) is 2.12.